The number of aliphatic hydroxyl groups is 1. The Kier molecular flexibility index (Phi) is 2.88. The van der Waals surface area contributed by atoms with Gasteiger partial charge in [0.05, 0.1) is 18.0 Å². The Morgan fingerprint density at radius 2 is 2.26 bits per heavy atom. The first-order chi connectivity index (χ1) is 9.11. The number of hydrogen-bond donors (Lipinski definition) is 2. The molecule has 0 radical (unpaired) electrons. The normalized spacial score (nSPS) is 16.5. The van der Waals surface area contributed by atoms with Crippen molar-refractivity contribution >= 4 is 10.0 Å². The average Bonchev–Trinajstić information content (AvgIpc) is 3.06. The van der Waals surface area contributed by atoms with Crippen LogP contribution >= 0.6 is 0 Å². The number of H-pyrrole nitrogens is 1. The maximum atomic E-state index is 12.4. The standard InChI is InChI=1S/C10H13N5O3S/c16-6-8-3-9(4-11-8)19(17,18)15-2-1-14-7-12-13-10(14)5-15/h3-4,7,11,16H,1-2,5-6H2. The quantitative estimate of drug-likeness (QED) is 0.775. The van der Waals surface area contributed by atoms with Gasteiger partial charge in [0, 0.05) is 25.0 Å². The Morgan fingerprint density at radius 3 is 3.00 bits per heavy atom. The second kappa shape index (κ2) is 4.44. The van der Waals surface area contributed by atoms with Crippen molar-refractivity contribution in [3.05, 3.63) is 30.1 Å². The van der Waals surface area contributed by atoms with Crippen LogP contribution in [0.3, 0.4) is 0 Å². The second-order valence-electron chi connectivity index (χ2n) is 4.30. The monoisotopic (exact) mass is 283 g/mol. The maximum Gasteiger partial charge on any atom is 0.245 e. The van der Waals surface area contributed by atoms with Gasteiger partial charge in [-0.1, -0.05) is 0 Å². The molecule has 19 heavy (non-hydrogen) atoms. The van der Waals surface area contributed by atoms with Crippen molar-refractivity contribution in [2.24, 2.45) is 0 Å². The van der Waals surface area contributed by atoms with Gasteiger partial charge in [0.15, 0.2) is 0 Å². The number of aromatic amines is 1. The molecule has 1 aliphatic heterocycles. The first kappa shape index (κ1) is 12.3. The van der Waals surface area contributed by atoms with Crippen LogP contribution in [0.5, 0.6) is 0 Å². The average molecular weight is 283 g/mol. The molecule has 0 aromatic carbocycles. The first-order valence-electron chi connectivity index (χ1n) is 5.76. The first-order valence-corrected chi connectivity index (χ1v) is 7.20. The summed E-state index contributed by atoms with van der Waals surface area (Å²) in [4.78, 5) is 2.88. The minimum absolute atomic E-state index is 0.157. The highest BCUT2D eigenvalue weighted by Gasteiger charge is 2.29. The Bertz CT molecular complexity index is 690. The number of sulfonamides is 1. The molecule has 1 aliphatic rings. The Morgan fingerprint density at radius 1 is 1.42 bits per heavy atom. The highest BCUT2D eigenvalue weighted by Crippen LogP contribution is 2.21. The lowest BCUT2D eigenvalue weighted by Crippen LogP contribution is -2.38. The van der Waals surface area contributed by atoms with Crippen LogP contribution in [0, 0.1) is 0 Å². The fourth-order valence-corrected chi connectivity index (χ4v) is 3.46. The van der Waals surface area contributed by atoms with E-state index in [1.807, 2.05) is 4.57 Å². The molecule has 0 spiro atoms. The number of aromatic nitrogens is 4. The van der Waals surface area contributed by atoms with Gasteiger partial charge in [-0.05, 0) is 6.07 Å². The van der Waals surface area contributed by atoms with Gasteiger partial charge in [-0.25, -0.2) is 8.42 Å². The molecular formula is C10H13N5O3S. The van der Waals surface area contributed by atoms with Gasteiger partial charge in [-0.15, -0.1) is 10.2 Å². The number of rotatable bonds is 3. The fraction of sp³-hybridized carbons (Fsp3) is 0.400. The van der Waals surface area contributed by atoms with Crippen LogP contribution in [0.1, 0.15) is 11.5 Å². The molecule has 3 rings (SSSR count). The minimum Gasteiger partial charge on any atom is -0.390 e. The molecule has 0 saturated heterocycles. The SMILES string of the molecule is O=S(=O)(c1c[nH]c(CO)c1)N1CCn2cnnc2C1. The van der Waals surface area contributed by atoms with E-state index >= 15 is 0 Å². The van der Waals surface area contributed by atoms with Crippen molar-refractivity contribution in [3.63, 3.8) is 0 Å². The summed E-state index contributed by atoms with van der Waals surface area (Å²) in [6.07, 6.45) is 2.99. The molecule has 0 aliphatic carbocycles. The van der Waals surface area contributed by atoms with Crippen molar-refractivity contribution in [2.75, 3.05) is 6.54 Å². The van der Waals surface area contributed by atoms with Crippen LogP contribution in [0.4, 0.5) is 0 Å². The van der Waals surface area contributed by atoms with Crippen LogP contribution in [0.2, 0.25) is 0 Å². The summed E-state index contributed by atoms with van der Waals surface area (Å²) in [6, 6.07) is 1.44. The van der Waals surface area contributed by atoms with Gasteiger partial charge < -0.3 is 14.7 Å². The maximum absolute atomic E-state index is 12.4. The fourth-order valence-electron chi connectivity index (χ4n) is 2.06. The van der Waals surface area contributed by atoms with Crippen LogP contribution in [0.15, 0.2) is 23.5 Å². The highest BCUT2D eigenvalue weighted by atomic mass is 32.2. The lowest BCUT2D eigenvalue weighted by atomic mass is 10.4. The predicted molar refractivity (Wildman–Crippen MR) is 64.3 cm³/mol. The van der Waals surface area contributed by atoms with E-state index < -0.39 is 10.0 Å². The lowest BCUT2D eigenvalue weighted by Gasteiger charge is -2.25. The van der Waals surface area contributed by atoms with E-state index in [2.05, 4.69) is 15.2 Å². The summed E-state index contributed by atoms with van der Waals surface area (Å²) >= 11 is 0. The van der Waals surface area contributed by atoms with Crippen LogP contribution in [-0.4, -0.2) is 44.1 Å². The summed E-state index contributed by atoms with van der Waals surface area (Å²) in [5, 5.41) is 16.6. The molecule has 9 heteroatoms. The van der Waals surface area contributed by atoms with E-state index in [4.69, 9.17) is 5.11 Å². The molecule has 0 atom stereocenters. The largest absolute Gasteiger partial charge is 0.390 e. The number of nitrogens with zero attached hydrogens (tertiary/aromatic N) is 4. The zero-order valence-electron chi connectivity index (χ0n) is 10.0. The van der Waals surface area contributed by atoms with Gasteiger partial charge in [0.2, 0.25) is 10.0 Å². The highest BCUT2D eigenvalue weighted by molar-refractivity contribution is 7.89. The van der Waals surface area contributed by atoms with Crippen molar-refractivity contribution in [2.45, 2.75) is 24.6 Å². The summed E-state index contributed by atoms with van der Waals surface area (Å²) < 4.78 is 28.0. The van der Waals surface area contributed by atoms with Crippen LogP contribution in [0.25, 0.3) is 0 Å². The molecule has 2 aromatic heterocycles. The zero-order valence-corrected chi connectivity index (χ0v) is 10.8. The molecule has 0 unspecified atom stereocenters. The third-order valence-corrected chi connectivity index (χ3v) is 4.95. The summed E-state index contributed by atoms with van der Waals surface area (Å²) in [5.41, 5.74) is 0.471. The van der Waals surface area contributed by atoms with Crippen molar-refractivity contribution in [3.8, 4) is 0 Å². The number of fused-ring (bicyclic) bond motifs is 1. The van der Waals surface area contributed by atoms with Gasteiger partial charge in [-0.2, -0.15) is 4.31 Å². The van der Waals surface area contributed by atoms with E-state index in [0.29, 0.717) is 24.6 Å². The summed E-state index contributed by atoms with van der Waals surface area (Å²) in [6.45, 7) is 0.914. The molecule has 0 fully saturated rings. The molecule has 0 saturated carbocycles. The molecule has 2 N–H and O–H groups in total. The molecule has 3 heterocycles. The van der Waals surface area contributed by atoms with Crippen molar-refractivity contribution in [1.82, 2.24) is 24.1 Å². The number of nitrogens with one attached hydrogen (secondary N) is 1. The molecule has 0 amide bonds. The topological polar surface area (TPSA) is 104 Å². The van der Waals surface area contributed by atoms with E-state index in [1.165, 1.54) is 16.6 Å². The third kappa shape index (κ3) is 2.05. The molecule has 8 nitrogen and oxygen atoms in total. The number of aliphatic hydroxyl groups excluding tert-OH is 1. The minimum atomic E-state index is -3.56. The van der Waals surface area contributed by atoms with Crippen LogP contribution < -0.4 is 0 Å². The predicted octanol–water partition coefficient (Wildman–Crippen LogP) is -0.697. The van der Waals surface area contributed by atoms with E-state index in [9.17, 15) is 8.42 Å². The van der Waals surface area contributed by atoms with Crippen molar-refractivity contribution in [1.29, 1.82) is 0 Å². The van der Waals surface area contributed by atoms with E-state index in [0.717, 1.165) is 0 Å². The molecule has 2 aromatic rings. The molecule has 0 bridgehead atoms. The van der Waals surface area contributed by atoms with Gasteiger partial charge in [0.1, 0.15) is 12.2 Å². The third-order valence-electron chi connectivity index (χ3n) is 3.13. The van der Waals surface area contributed by atoms with E-state index in [1.54, 1.807) is 6.33 Å². The van der Waals surface area contributed by atoms with Gasteiger partial charge >= 0.3 is 0 Å². The lowest BCUT2D eigenvalue weighted by molar-refractivity contribution is 0.277. The Labute approximate surface area is 109 Å². The summed E-state index contributed by atoms with van der Waals surface area (Å²) in [7, 11) is -3.56. The van der Waals surface area contributed by atoms with E-state index in [-0.39, 0.29) is 18.0 Å². The molecular weight excluding hydrogens is 270 g/mol. The van der Waals surface area contributed by atoms with Gasteiger partial charge in [-0.3, -0.25) is 0 Å². The Hall–Kier alpha value is -1.71. The van der Waals surface area contributed by atoms with Crippen molar-refractivity contribution < 1.29 is 13.5 Å². The summed E-state index contributed by atoms with van der Waals surface area (Å²) in [5.74, 6) is 0.632. The Balaban J connectivity index is 1.89. The van der Waals surface area contributed by atoms with Crippen LogP contribution in [-0.2, 0) is 29.7 Å². The number of hydrogen-bond acceptors (Lipinski definition) is 5. The second-order valence-corrected chi connectivity index (χ2v) is 6.24. The van der Waals surface area contributed by atoms with Gasteiger partial charge in [0.25, 0.3) is 0 Å². The molecule has 102 valence electrons. The smallest absolute Gasteiger partial charge is 0.245 e. The zero-order chi connectivity index (χ0) is 13.5.